The molecular formula is C21H15N5O. The van der Waals surface area contributed by atoms with Crippen molar-refractivity contribution < 1.29 is 4.74 Å². The van der Waals surface area contributed by atoms with Crippen molar-refractivity contribution in [2.75, 3.05) is 5.73 Å². The number of fused-ring (bicyclic) bond motifs is 2. The average Bonchev–Trinajstić information content (AvgIpc) is 3.13. The average molecular weight is 353 g/mol. The minimum atomic E-state index is 0.313. The fourth-order valence-electron chi connectivity index (χ4n) is 3.11. The molecule has 27 heavy (non-hydrogen) atoms. The molecule has 5 aromatic rings. The summed E-state index contributed by atoms with van der Waals surface area (Å²) in [7, 11) is 0. The van der Waals surface area contributed by atoms with Crippen LogP contribution in [0.5, 0.6) is 11.6 Å². The molecular weight excluding hydrogens is 338 g/mol. The summed E-state index contributed by atoms with van der Waals surface area (Å²) in [5.41, 5.74) is 8.47. The van der Waals surface area contributed by atoms with Crippen LogP contribution in [0.15, 0.2) is 79.4 Å². The number of imidazole rings is 1. The zero-order valence-corrected chi connectivity index (χ0v) is 14.3. The monoisotopic (exact) mass is 353 g/mol. The standard InChI is InChI=1S/C21H15N5O/c22-19-20(26-13-25-17-7-3-4-8-18(17)26)23-12-24-21(19)27-16-10-9-14-5-1-2-6-15(14)11-16/h1-13H,22H2. The van der Waals surface area contributed by atoms with E-state index >= 15 is 0 Å². The van der Waals surface area contributed by atoms with Gasteiger partial charge in [-0.15, -0.1) is 0 Å². The lowest BCUT2D eigenvalue weighted by atomic mass is 10.1. The van der Waals surface area contributed by atoms with Crippen LogP contribution in [0.4, 0.5) is 5.69 Å². The Labute approximate surface area is 154 Å². The first-order valence-electron chi connectivity index (χ1n) is 8.49. The molecule has 5 rings (SSSR count). The van der Waals surface area contributed by atoms with Gasteiger partial charge in [0.1, 0.15) is 24.1 Å². The number of para-hydroxylation sites is 2. The van der Waals surface area contributed by atoms with Gasteiger partial charge in [0, 0.05) is 0 Å². The van der Waals surface area contributed by atoms with Gasteiger partial charge < -0.3 is 10.5 Å². The summed E-state index contributed by atoms with van der Waals surface area (Å²) >= 11 is 0. The molecule has 0 unspecified atom stereocenters. The highest BCUT2D eigenvalue weighted by molar-refractivity contribution is 5.84. The van der Waals surface area contributed by atoms with E-state index in [-0.39, 0.29) is 0 Å². The number of nitrogens with zero attached hydrogens (tertiary/aromatic N) is 4. The van der Waals surface area contributed by atoms with Gasteiger partial charge >= 0.3 is 0 Å². The second-order valence-corrected chi connectivity index (χ2v) is 6.13. The summed E-state index contributed by atoms with van der Waals surface area (Å²) in [6.45, 7) is 0. The van der Waals surface area contributed by atoms with Crippen molar-refractivity contribution in [2.45, 2.75) is 0 Å². The van der Waals surface area contributed by atoms with Gasteiger partial charge in [0.25, 0.3) is 0 Å². The topological polar surface area (TPSA) is 78.9 Å². The maximum atomic E-state index is 6.33. The first kappa shape index (κ1) is 15.3. The van der Waals surface area contributed by atoms with Crippen molar-refractivity contribution in [2.24, 2.45) is 0 Å². The van der Waals surface area contributed by atoms with Crippen molar-refractivity contribution in [1.82, 2.24) is 19.5 Å². The lowest BCUT2D eigenvalue weighted by Gasteiger charge is -2.11. The fraction of sp³-hybridized carbons (Fsp3) is 0. The molecule has 0 radical (unpaired) electrons. The van der Waals surface area contributed by atoms with Gasteiger partial charge in [-0.3, -0.25) is 4.57 Å². The molecule has 2 aromatic heterocycles. The number of nitrogens with two attached hydrogens (primary N) is 1. The van der Waals surface area contributed by atoms with Crippen LogP contribution in [-0.4, -0.2) is 19.5 Å². The molecule has 2 heterocycles. The zero-order valence-electron chi connectivity index (χ0n) is 14.3. The molecule has 130 valence electrons. The normalized spacial score (nSPS) is 11.1. The second kappa shape index (κ2) is 6.10. The summed E-state index contributed by atoms with van der Waals surface area (Å²) in [4.78, 5) is 12.9. The molecule has 0 fully saturated rings. The number of hydrogen-bond acceptors (Lipinski definition) is 5. The van der Waals surface area contributed by atoms with Crippen LogP contribution in [0.25, 0.3) is 27.6 Å². The Morgan fingerprint density at radius 2 is 1.63 bits per heavy atom. The summed E-state index contributed by atoms with van der Waals surface area (Å²) in [6, 6.07) is 21.8. The van der Waals surface area contributed by atoms with Gasteiger partial charge in [-0.1, -0.05) is 42.5 Å². The molecule has 0 spiro atoms. The molecule has 0 bridgehead atoms. The SMILES string of the molecule is Nc1c(Oc2ccc3ccccc3c2)ncnc1-n1cnc2ccccc21. The Bertz CT molecular complexity index is 1280. The summed E-state index contributed by atoms with van der Waals surface area (Å²) < 4.78 is 7.79. The number of ether oxygens (including phenoxy) is 1. The van der Waals surface area contributed by atoms with E-state index < -0.39 is 0 Å². The highest BCUT2D eigenvalue weighted by atomic mass is 16.5. The van der Waals surface area contributed by atoms with Gasteiger partial charge in [0.15, 0.2) is 5.82 Å². The van der Waals surface area contributed by atoms with Crippen LogP contribution in [0, 0.1) is 0 Å². The molecule has 2 N–H and O–H groups in total. The molecule has 0 aliphatic carbocycles. The van der Waals surface area contributed by atoms with Crippen LogP contribution < -0.4 is 10.5 Å². The highest BCUT2D eigenvalue weighted by Gasteiger charge is 2.14. The predicted octanol–water partition coefficient (Wildman–Crippen LogP) is 4.34. The van der Waals surface area contributed by atoms with E-state index in [9.17, 15) is 0 Å². The summed E-state index contributed by atoms with van der Waals surface area (Å²) in [5.74, 6) is 1.52. The molecule has 0 amide bonds. The van der Waals surface area contributed by atoms with E-state index in [4.69, 9.17) is 10.5 Å². The van der Waals surface area contributed by atoms with Crippen molar-refractivity contribution in [3.63, 3.8) is 0 Å². The number of rotatable bonds is 3. The van der Waals surface area contributed by atoms with Crippen LogP contribution in [-0.2, 0) is 0 Å². The van der Waals surface area contributed by atoms with Gasteiger partial charge in [0.2, 0.25) is 5.88 Å². The van der Waals surface area contributed by atoms with Crippen molar-refractivity contribution in [3.8, 4) is 17.4 Å². The van der Waals surface area contributed by atoms with Gasteiger partial charge in [-0.05, 0) is 35.0 Å². The smallest absolute Gasteiger partial charge is 0.248 e. The van der Waals surface area contributed by atoms with Crippen LogP contribution in [0.1, 0.15) is 0 Å². The molecule has 0 saturated heterocycles. The lowest BCUT2D eigenvalue weighted by molar-refractivity contribution is 0.464. The van der Waals surface area contributed by atoms with E-state index in [1.54, 1.807) is 6.33 Å². The first-order chi connectivity index (χ1) is 13.3. The minimum Gasteiger partial charge on any atom is -0.437 e. The van der Waals surface area contributed by atoms with Crippen molar-refractivity contribution in [1.29, 1.82) is 0 Å². The lowest BCUT2D eigenvalue weighted by Crippen LogP contribution is -2.05. The molecule has 0 saturated carbocycles. The largest absolute Gasteiger partial charge is 0.437 e. The number of aromatic nitrogens is 4. The quantitative estimate of drug-likeness (QED) is 0.522. The number of anilines is 1. The maximum absolute atomic E-state index is 6.33. The molecule has 0 aliphatic rings. The maximum Gasteiger partial charge on any atom is 0.248 e. The molecule has 6 nitrogen and oxygen atoms in total. The Hall–Kier alpha value is -3.93. The zero-order chi connectivity index (χ0) is 18.2. The van der Waals surface area contributed by atoms with E-state index in [2.05, 4.69) is 21.0 Å². The fourth-order valence-corrected chi connectivity index (χ4v) is 3.11. The van der Waals surface area contributed by atoms with Gasteiger partial charge in [-0.2, -0.15) is 4.98 Å². The first-order valence-corrected chi connectivity index (χ1v) is 8.49. The Balaban J connectivity index is 1.56. The second-order valence-electron chi connectivity index (χ2n) is 6.13. The Kier molecular flexibility index (Phi) is 3.47. The highest BCUT2D eigenvalue weighted by Crippen LogP contribution is 2.31. The summed E-state index contributed by atoms with van der Waals surface area (Å²) in [6.07, 6.45) is 3.14. The van der Waals surface area contributed by atoms with Gasteiger partial charge in [0.05, 0.1) is 11.0 Å². The van der Waals surface area contributed by atoms with Crippen LogP contribution in [0.2, 0.25) is 0 Å². The molecule has 0 atom stereocenters. The molecule has 0 aliphatic heterocycles. The van der Waals surface area contributed by atoms with E-state index in [1.165, 1.54) is 6.33 Å². The third-order valence-electron chi connectivity index (χ3n) is 4.44. The predicted molar refractivity (Wildman–Crippen MR) is 105 cm³/mol. The van der Waals surface area contributed by atoms with Crippen LogP contribution in [0.3, 0.4) is 0 Å². The van der Waals surface area contributed by atoms with Crippen molar-refractivity contribution in [3.05, 3.63) is 79.4 Å². The summed E-state index contributed by atoms with van der Waals surface area (Å²) in [5, 5.41) is 2.23. The van der Waals surface area contributed by atoms with Gasteiger partial charge in [-0.25, -0.2) is 9.97 Å². The Morgan fingerprint density at radius 3 is 2.56 bits per heavy atom. The van der Waals surface area contributed by atoms with E-state index in [0.29, 0.717) is 23.1 Å². The van der Waals surface area contributed by atoms with Crippen LogP contribution >= 0.6 is 0 Å². The van der Waals surface area contributed by atoms with E-state index in [0.717, 1.165) is 21.8 Å². The van der Waals surface area contributed by atoms with Crippen molar-refractivity contribution >= 4 is 27.5 Å². The third kappa shape index (κ3) is 2.64. The van der Waals surface area contributed by atoms with E-state index in [1.807, 2.05) is 65.2 Å². The Morgan fingerprint density at radius 1 is 0.815 bits per heavy atom. The number of hydrogen-bond donors (Lipinski definition) is 1. The number of benzene rings is 3. The molecule has 6 heteroatoms. The molecule has 3 aromatic carbocycles. The minimum absolute atomic E-state index is 0.313. The number of nitrogen functional groups attached to an aromatic ring is 1. The third-order valence-corrected chi connectivity index (χ3v) is 4.44.